The van der Waals surface area contributed by atoms with E-state index in [4.69, 9.17) is 0 Å². The van der Waals surface area contributed by atoms with Crippen LogP contribution >= 0.6 is 0 Å². The summed E-state index contributed by atoms with van der Waals surface area (Å²) in [5.41, 5.74) is -11.9. The van der Waals surface area contributed by atoms with Gasteiger partial charge in [0.05, 0.1) is 4.92 Å². The van der Waals surface area contributed by atoms with Crippen molar-refractivity contribution in [2.75, 3.05) is 0 Å². The van der Waals surface area contributed by atoms with Crippen molar-refractivity contribution in [2.45, 2.75) is 23.0 Å². The number of nitro groups is 9. The lowest BCUT2D eigenvalue weighted by atomic mass is 9.71. The predicted molar refractivity (Wildman–Crippen MR) is 102 cm³/mol. The molecule has 0 aromatic heterocycles. The average Bonchev–Trinajstić information content (AvgIpc) is 2.76. The van der Waals surface area contributed by atoms with E-state index in [9.17, 15) is 95.2 Å². The second kappa shape index (κ2) is 7.51. The Morgan fingerprint density at radius 3 is 1.37 bits per heavy atom. The van der Waals surface area contributed by atoms with Crippen molar-refractivity contribution in [3.8, 4) is 0 Å². The van der Waals surface area contributed by atoms with E-state index in [1.54, 1.807) is 0 Å². The first kappa shape index (κ1) is 28.3. The summed E-state index contributed by atoms with van der Waals surface area (Å²) in [4.78, 5) is 88.3. The molecule has 0 amide bonds. The molecule has 0 bridgehead atoms. The molecule has 38 heavy (non-hydrogen) atoms. The number of allylic oxidation sites excluding steroid dienone is 2. The lowest BCUT2D eigenvalue weighted by Gasteiger charge is -2.42. The van der Waals surface area contributed by atoms with Gasteiger partial charge < -0.3 is 0 Å². The second-order valence-corrected chi connectivity index (χ2v) is 9.82. The second-order valence-electron chi connectivity index (χ2n) is 6.79. The van der Waals surface area contributed by atoms with Crippen LogP contribution in [0.4, 0.5) is 0 Å². The third kappa shape index (κ3) is 2.25. The summed E-state index contributed by atoms with van der Waals surface area (Å²) < 4.78 is 5.19. The highest BCUT2D eigenvalue weighted by atomic mass is 32.3. The van der Waals surface area contributed by atoms with E-state index in [0.717, 1.165) is 0 Å². The minimum absolute atomic E-state index is 0.0701. The fraction of sp³-hybridized carbons (Fsp3) is 0.500. The standard InChI is InChI=1S/C8H4N10O19S/c19-9(20)4-2-1-3-5-6(4,11(21)22)7(12(23)24,13(25)26)8(14(27)28,15(29)30)10(16(31)32)38(5,37,17(33)34)18(35)36/h1-4H. The molecule has 1 aliphatic carbocycles. The number of hydrogen-bond acceptors (Lipinski definition) is 19. The summed E-state index contributed by atoms with van der Waals surface area (Å²) in [6.07, 6.45) is -0.970. The van der Waals surface area contributed by atoms with E-state index in [2.05, 4.69) is 0 Å². The van der Waals surface area contributed by atoms with Gasteiger partial charge in [0.15, 0.2) is 13.7 Å². The topological polar surface area (TPSA) is 409 Å². The van der Waals surface area contributed by atoms with Crippen molar-refractivity contribution in [3.05, 3.63) is 114 Å². The smallest absolute Gasteiger partial charge is 0.264 e. The van der Waals surface area contributed by atoms with Gasteiger partial charge in [-0.05, 0) is 12.2 Å². The molecule has 2 aliphatic rings. The van der Waals surface area contributed by atoms with Crippen LogP contribution in [0.15, 0.2) is 23.1 Å². The first-order chi connectivity index (χ1) is 17.2. The van der Waals surface area contributed by atoms with Gasteiger partial charge in [-0.3, -0.25) is 60.7 Å². The van der Waals surface area contributed by atoms with Crippen LogP contribution in [0.5, 0.6) is 0 Å². The fourth-order valence-corrected chi connectivity index (χ4v) is 7.34. The number of nitrogens with zero attached hydrogens (tertiary/aromatic N) is 10. The Hall–Kier alpha value is -5.97. The Balaban J connectivity index is 3.86. The van der Waals surface area contributed by atoms with Gasteiger partial charge in [-0.2, -0.15) is 0 Å². The van der Waals surface area contributed by atoms with E-state index >= 15 is 0 Å². The van der Waals surface area contributed by atoms with E-state index in [-0.39, 0.29) is 12.2 Å². The molecular weight excluding hydrogens is 572 g/mol. The lowest BCUT2D eigenvalue weighted by molar-refractivity contribution is -1.01. The molecule has 0 N–H and O–H groups in total. The maximum Gasteiger partial charge on any atom is 0.762 e. The monoisotopic (exact) mass is 576 g/mol. The Bertz CT molecular complexity index is 1380. The van der Waals surface area contributed by atoms with Crippen LogP contribution in [-0.2, 0) is 9.62 Å². The SMILES string of the molecule is O=[N+]([O-])C1C=CC=C2C1([N+](=O)[O-])C([N+](=O)[O-])([N+](=O)[O-])C([N+](=O)[O-])([N+](=O)[O-])N([N+](=O)[O-])S2(=O)([N+](=O)[O-])[N+](=O)[O-]. The highest BCUT2D eigenvalue weighted by Crippen LogP contribution is 2.64. The van der Waals surface area contributed by atoms with Gasteiger partial charge in [0.25, 0.3) is 0 Å². The van der Waals surface area contributed by atoms with Crippen LogP contribution in [0.3, 0.4) is 0 Å². The minimum Gasteiger partial charge on any atom is -0.264 e. The molecule has 0 aromatic rings. The van der Waals surface area contributed by atoms with Crippen LogP contribution in [0.2, 0.25) is 0 Å². The molecule has 0 radical (unpaired) electrons. The van der Waals surface area contributed by atoms with E-state index in [1.807, 2.05) is 0 Å². The normalized spacial score (nSPS) is 26.6. The highest BCUT2D eigenvalue weighted by Gasteiger charge is 3.23. The van der Waals surface area contributed by atoms with E-state index in [1.165, 1.54) is 0 Å². The van der Waals surface area contributed by atoms with E-state index < -0.39 is 91.3 Å². The lowest BCUT2D eigenvalue weighted by Crippen LogP contribution is -2.97. The zero-order valence-electron chi connectivity index (χ0n) is 16.9. The molecule has 1 saturated heterocycles. The maximum absolute atomic E-state index is 14.0. The molecule has 0 saturated carbocycles. The third-order valence-electron chi connectivity index (χ3n) is 5.55. The van der Waals surface area contributed by atoms with Crippen LogP contribution in [0, 0.1) is 91.0 Å². The summed E-state index contributed by atoms with van der Waals surface area (Å²) in [7, 11) is -9.12. The Labute approximate surface area is 199 Å². The molecule has 206 valence electrons. The molecule has 2 atom stereocenters. The van der Waals surface area contributed by atoms with Gasteiger partial charge >= 0.3 is 32.7 Å². The Kier molecular flexibility index (Phi) is 5.59. The Morgan fingerprint density at radius 2 is 1.11 bits per heavy atom. The van der Waals surface area contributed by atoms with Crippen LogP contribution in [0.1, 0.15) is 0 Å². The summed E-state index contributed by atoms with van der Waals surface area (Å²) in [5, 5.41) is 106. The summed E-state index contributed by atoms with van der Waals surface area (Å²) in [5.74, 6) is -6.56. The quantitative estimate of drug-likeness (QED) is 0.152. The zero-order chi connectivity index (χ0) is 30.0. The molecule has 30 heteroatoms. The van der Waals surface area contributed by atoms with Crippen LogP contribution < -0.4 is 0 Å². The summed E-state index contributed by atoms with van der Waals surface area (Å²) >= 11 is 0. The molecule has 0 aromatic carbocycles. The van der Waals surface area contributed by atoms with Crippen LogP contribution in [-0.4, -0.2) is 74.9 Å². The number of fused-ring (bicyclic) bond motifs is 1. The van der Waals surface area contributed by atoms with Gasteiger partial charge in [0, 0.05) is 4.92 Å². The number of rotatable bonds is 9. The molecule has 1 fully saturated rings. The molecular formula is C8H4N10O19S. The summed E-state index contributed by atoms with van der Waals surface area (Å²) in [6, 6.07) is -3.98. The van der Waals surface area contributed by atoms with Gasteiger partial charge in [-0.15, -0.1) is 4.21 Å². The fourth-order valence-electron chi connectivity index (χ4n) is 4.32. The molecule has 29 nitrogen and oxygen atoms in total. The largest absolute Gasteiger partial charge is 0.762 e. The number of hydrazine groups is 1. The van der Waals surface area contributed by atoms with Crippen molar-refractivity contribution < 1.29 is 47.4 Å². The van der Waals surface area contributed by atoms with Crippen molar-refractivity contribution in [3.63, 3.8) is 0 Å². The number of hydrogen-bond donors (Lipinski definition) is 0. The van der Waals surface area contributed by atoms with Crippen molar-refractivity contribution in [1.82, 2.24) is 4.41 Å². The van der Waals surface area contributed by atoms with Gasteiger partial charge in [0.1, 0.15) is 19.7 Å². The maximum atomic E-state index is 14.0. The molecule has 1 aliphatic heterocycles. The third-order valence-corrected chi connectivity index (χ3v) is 8.85. The minimum atomic E-state index is -9.12. The zero-order valence-corrected chi connectivity index (χ0v) is 17.8. The van der Waals surface area contributed by atoms with E-state index in [0.29, 0.717) is 0 Å². The molecule has 0 spiro atoms. The van der Waals surface area contributed by atoms with Crippen LogP contribution in [0.25, 0.3) is 0 Å². The average molecular weight is 576 g/mol. The van der Waals surface area contributed by atoms with Crippen molar-refractivity contribution in [1.29, 1.82) is 0 Å². The van der Waals surface area contributed by atoms with Gasteiger partial charge in [-0.25, -0.2) is 30.3 Å². The first-order valence-electron chi connectivity index (χ1n) is 8.33. The summed E-state index contributed by atoms with van der Waals surface area (Å²) in [6.45, 7) is 0. The van der Waals surface area contributed by atoms with Gasteiger partial charge in [0.2, 0.25) is 9.32 Å². The van der Waals surface area contributed by atoms with Crippen molar-refractivity contribution >= 4 is 9.62 Å². The molecule has 2 rings (SSSR count). The first-order valence-corrected chi connectivity index (χ1v) is 10.2. The van der Waals surface area contributed by atoms with Gasteiger partial charge in [-0.1, -0.05) is 6.08 Å². The predicted octanol–water partition coefficient (Wildman–Crippen LogP) is -2.82. The Morgan fingerprint density at radius 1 is 0.684 bits per heavy atom. The molecule has 2 unspecified atom stereocenters. The highest BCUT2D eigenvalue weighted by molar-refractivity contribution is 8.10. The van der Waals surface area contributed by atoms with Crippen molar-refractivity contribution in [2.24, 2.45) is 0 Å². The molecule has 1 heterocycles.